The summed E-state index contributed by atoms with van der Waals surface area (Å²) in [5.41, 5.74) is 2.43. The Kier molecular flexibility index (Phi) is 4.75. The van der Waals surface area contributed by atoms with E-state index in [4.69, 9.17) is 4.42 Å². The van der Waals surface area contributed by atoms with Gasteiger partial charge in [-0.15, -0.1) is 0 Å². The van der Waals surface area contributed by atoms with Crippen molar-refractivity contribution in [1.82, 2.24) is 4.90 Å². The normalized spacial score (nSPS) is 14.2. The number of benzene rings is 2. The lowest BCUT2D eigenvalue weighted by molar-refractivity contribution is 0.0714. The van der Waals surface area contributed by atoms with Gasteiger partial charge in [-0.05, 0) is 36.4 Å². The summed E-state index contributed by atoms with van der Waals surface area (Å²) in [7, 11) is 0. The molecular formula is C22H20N2O3. The number of hydrogen-bond donors (Lipinski definition) is 0. The Bertz CT molecular complexity index is 910. The highest BCUT2D eigenvalue weighted by Crippen LogP contribution is 2.20. The van der Waals surface area contributed by atoms with Crippen molar-refractivity contribution in [2.45, 2.75) is 0 Å². The van der Waals surface area contributed by atoms with Gasteiger partial charge in [0, 0.05) is 43.0 Å². The number of carbonyl (C=O) groups excluding carboxylic acids is 2. The molecule has 4 rings (SSSR count). The van der Waals surface area contributed by atoms with E-state index in [1.54, 1.807) is 12.1 Å². The average molecular weight is 360 g/mol. The second kappa shape index (κ2) is 7.50. The van der Waals surface area contributed by atoms with E-state index in [1.807, 2.05) is 59.5 Å². The monoisotopic (exact) mass is 360 g/mol. The number of anilines is 1. The van der Waals surface area contributed by atoms with Crippen LogP contribution in [0.4, 0.5) is 5.69 Å². The fourth-order valence-corrected chi connectivity index (χ4v) is 3.30. The van der Waals surface area contributed by atoms with Gasteiger partial charge in [-0.3, -0.25) is 9.59 Å². The SMILES string of the molecule is O=C(c1ccccc1)c1ccc(N2CCN(C(=O)c3ccco3)CC2)cc1. The van der Waals surface area contributed by atoms with Gasteiger partial charge in [0.05, 0.1) is 6.26 Å². The number of amides is 1. The maximum Gasteiger partial charge on any atom is 0.289 e. The summed E-state index contributed by atoms with van der Waals surface area (Å²) in [6, 6.07) is 20.4. The molecule has 5 heteroatoms. The smallest absolute Gasteiger partial charge is 0.289 e. The lowest BCUT2D eigenvalue weighted by Crippen LogP contribution is -2.48. The third kappa shape index (κ3) is 3.62. The molecule has 0 saturated carbocycles. The van der Waals surface area contributed by atoms with Crippen molar-refractivity contribution >= 4 is 17.4 Å². The maximum atomic E-state index is 12.5. The van der Waals surface area contributed by atoms with Crippen LogP contribution in [-0.2, 0) is 0 Å². The van der Waals surface area contributed by atoms with Crippen molar-refractivity contribution in [1.29, 1.82) is 0 Å². The van der Waals surface area contributed by atoms with Crippen LogP contribution in [0, 0.1) is 0 Å². The van der Waals surface area contributed by atoms with Gasteiger partial charge in [-0.2, -0.15) is 0 Å². The minimum absolute atomic E-state index is 0.0241. The Morgan fingerprint density at radius 2 is 1.41 bits per heavy atom. The molecule has 1 amide bonds. The summed E-state index contributed by atoms with van der Waals surface area (Å²) in [6.07, 6.45) is 1.52. The van der Waals surface area contributed by atoms with Crippen LogP contribution in [0.2, 0.25) is 0 Å². The quantitative estimate of drug-likeness (QED) is 0.669. The van der Waals surface area contributed by atoms with E-state index in [0.29, 0.717) is 30.0 Å². The van der Waals surface area contributed by atoms with Crippen LogP contribution in [0.5, 0.6) is 0 Å². The molecule has 0 atom stereocenters. The van der Waals surface area contributed by atoms with Crippen molar-refractivity contribution in [2.24, 2.45) is 0 Å². The summed E-state index contributed by atoms with van der Waals surface area (Å²) in [6.45, 7) is 2.78. The first-order chi connectivity index (χ1) is 13.2. The Morgan fingerprint density at radius 3 is 2.04 bits per heavy atom. The summed E-state index contributed by atoms with van der Waals surface area (Å²) in [5.74, 6) is 0.340. The summed E-state index contributed by atoms with van der Waals surface area (Å²) in [5, 5.41) is 0. The van der Waals surface area contributed by atoms with Crippen LogP contribution in [0.1, 0.15) is 26.5 Å². The molecule has 5 nitrogen and oxygen atoms in total. The van der Waals surface area contributed by atoms with Crippen LogP contribution >= 0.6 is 0 Å². The van der Waals surface area contributed by atoms with E-state index >= 15 is 0 Å². The Hall–Kier alpha value is -3.34. The lowest BCUT2D eigenvalue weighted by atomic mass is 10.0. The number of hydrogen-bond acceptors (Lipinski definition) is 4. The van der Waals surface area contributed by atoms with Crippen molar-refractivity contribution in [3.63, 3.8) is 0 Å². The highest BCUT2D eigenvalue weighted by atomic mass is 16.3. The first-order valence-electron chi connectivity index (χ1n) is 9.00. The van der Waals surface area contributed by atoms with E-state index in [-0.39, 0.29) is 11.7 Å². The molecule has 1 aromatic heterocycles. The molecule has 0 aliphatic carbocycles. The third-order valence-electron chi connectivity index (χ3n) is 4.83. The van der Waals surface area contributed by atoms with Crippen molar-refractivity contribution in [3.8, 4) is 0 Å². The van der Waals surface area contributed by atoms with Crippen LogP contribution < -0.4 is 4.90 Å². The molecule has 3 aromatic rings. The Morgan fingerprint density at radius 1 is 0.741 bits per heavy atom. The highest BCUT2D eigenvalue weighted by molar-refractivity contribution is 6.09. The van der Waals surface area contributed by atoms with Crippen molar-refractivity contribution in [3.05, 3.63) is 89.9 Å². The highest BCUT2D eigenvalue weighted by Gasteiger charge is 2.23. The zero-order valence-electron chi connectivity index (χ0n) is 14.9. The third-order valence-corrected chi connectivity index (χ3v) is 4.83. The van der Waals surface area contributed by atoms with Gasteiger partial charge in [-0.25, -0.2) is 0 Å². The predicted molar refractivity (Wildman–Crippen MR) is 103 cm³/mol. The fraction of sp³-hybridized carbons (Fsp3) is 0.182. The van der Waals surface area contributed by atoms with Gasteiger partial charge in [0.1, 0.15) is 0 Å². The summed E-state index contributed by atoms with van der Waals surface area (Å²) < 4.78 is 5.20. The Labute approximate surface area is 157 Å². The van der Waals surface area contributed by atoms with Gasteiger partial charge in [0.2, 0.25) is 0 Å². The number of furan rings is 1. The van der Waals surface area contributed by atoms with Gasteiger partial charge >= 0.3 is 0 Å². The molecule has 1 saturated heterocycles. The van der Waals surface area contributed by atoms with Crippen molar-refractivity contribution in [2.75, 3.05) is 31.1 Å². The number of nitrogens with zero attached hydrogens (tertiary/aromatic N) is 2. The molecule has 1 aliphatic rings. The topological polar surface area (TPSA) is 53.8 Å². The molecule has 0 radical (unpaired) electrons. The van der Waals surface area contributed by atoms with E-state index in [9.17, 15) is 9.59 Å². The first-order valence-corrected chi connectivity index (χ1v) is 9.00. The zero-order chi connectivity index (χ0) is 18.6. The Balaban J connectivity index is 1.39. The van der Waals surface area contributed by atoms with Gasteiger partial charge in [-0.1, -0.05) is 30.3 Å². The van der Waals surface area contributed by atoms with Crippen LogP contribution in [-0.4, -0.2) is 42.8 Å². The number of ketones is 1. The minimum atomic E-state index is -0.0662. The molecule has 0 bridgehead atoms. The van der Waals surface area contributed by atoms with Crippen LogP contribution in [0.15, 0.2) is 77.4 Å². The zero-order valence-corrected chi connectivity index (χ0v) is 14.9. The number of rotatable bonds is 4. The summed E-state index contributed by atoms with van der Waals surface area (Å²) >= 11 is 0. The second-order valence-electron chi connectivity index (χ2n) is 6.50. The van der Waals surface area contributed by atoms with Gasteiger partial charge in [0.25, 0.3) is 5.91 Å². The molecule has 2 aromatic carbocycles. The minimum Gasteiger partial charge on any atom is -0.459 e. The lowest BCUT2D eigenvalue weighted by Gasteiger charge is -2.35. The van der Waals surface area contributed by atoms with E-state index in [0.717, 1.165) is 18.8 Å². The van der Waals surface area contributed by atoms with E-state index < -0.39 is 0 Å². The summed E-state index contributed by atoms with van der Waals surface area (Å²) in [4.78, 5) is 28.9. The van der Waals surface area contributed by atoms with Crippen LogP contribution in [0.25, 0.3) is 0 Å². The predicted octanol–water partition coefficient (Wildman–Crippen LogP) is 3.47. The molecule has 136 valence electrons. The molecule has 27 heavy (non-hydrogen) atoms. The number of carbonyl (C=O) groups is 2. The molecule has 1 fully saturated rings. The standard InChI is InChI=1S/C22H20N2O3/c25-21(17-5-2-1-3-6-17)18-8-10-19(11-9-18)23-12-14-24(15-13-23)22(26)20-7-4-16-27-20/h1-11,16H,12-15H2. The second-order valence-corrected chi connectivity index (χ2v) is 6.50. The van der Waals surface area contributed by atoms with Gasteiger partial charge < -0.3 is 14.2 Å². The van der Waals surface area contributed by atoms with E-state index in [2.05, 4.69) is 4.90 Å². The van der Waals surface area contributed by atoms with Crippen LogP contribution in [0.3, 0.4) is 0 Å². The van der Waals surface area contributed by atoms with Gasteiger partial charge in [0.15, 0.2) is 11.5 Å². The first kappa shape index (κ1) is 17.1. The van der Waals surface area contributed by atoms with Crippen molar-refractivity contribution < 1.29 is 14.0 Å². The largest absolute Gasteiger partial charge is 0.459 e. The molecule has 0 N–H and O–H groups in total. The maximum absolute atomic E-state index is 12.5. The number of piperazine rings is 1. The average Bonchev–Trinajstić information content (AvgIpc) is 3.28. The molecule has 2 heterocycles. The molecule has 0 unspecified atom stereocenters. The fourth-order valence-electron chi connectivity index (χ4n) is 3.30. The molecule has 0 spiro atoms. The molecule has 1 aliphatic heterocycles. The molecular weight excluding hydrogens is 340 g/mol. The van der Waals surface area contributed by atoms with E-state index in [1.165, 1.54) is 6.26 Å².